The number of methoxy groups -OCH3 is 2. The van der Waals surface area contributed by atoms with Gasteiger partial charge in [-0.3, -0.25) is 4.79 Å². The first kappa shape index (κ1) is 15.4. The van der Waals surface area contributed by atoms with Crippen molar-refractivity contribution in [3.05, 3.63) is 59.0 Å². The second-order valence-electron chi connectivity index (χ2n) is 5.05. The summed E-state index contributed by atoms with van der Waals surface area (Å²) >= 11 is 1.48. The number of benzene rings is 2. The van der Waals surface area contributed by atoms with Gasteiger partial charge in [-0.25, -0.2) is 0 Å². The molecule has 0 bridgehead atoms. The van der Waals surface area contributed by atoms with Crippen molar-refractivity contribution in [3.63, 3.8) is 0 Å². The number of rotatable bonds is 5. The molecule has 0 spiro atoms. The number of fused-ring (bicyclic) bond motifs is 1. The van der Waals surface area contributed by atoms with E-state index >= 15 is 0 Å². The van der Waals surface area contributed by atoms with Crippen LogP contribution >= 0.6 is 11.3 Å². The molecule has 1 aromatic heterocycles. The molecule has 0 aliphatic heterocycles. The zero-order valence-electron chi connectivity index (χ0n) is 13.0. The summed E-state index contributed by atoms with van der Waals surface area (Å²) in [5, 5.41) is 3.96. The molecular weight excluding hydrogens is 310 g/mol. The smallest absolute Gasteiger partial charge is 0.261 e. The molecule has 0 unspecified atom stereocenters. The standard InChI is InChI=1S/C18H17NO3S/c1-21-14-5-3-4-12(8-14)11-19-18(20)17-10-13-9-15(22-2)6-7-16(13)23-17/h3-10H,11H2,1-2H3,(H,19,20). The highest BCUT2D eigenvalue weighted by molar-refractivity contribution is 7.20. The maximum atomic E-state index is 12.3. The molecule has 1 heterocycles. The van der Waals surface area contributed by atoms with Crippen molar-refractivity contribution >= 4 is 27.3 Å². The Morgan fingerprint density at radius 3 is 2.61 bits per heavy atom. The van der Waals surface area contributed by atoms with Crippen molar-refractivity contribution < 1.29 is 14.3 Å². The van der Waals surface area contributed by atoms with Crippen LogP contribution in [0.2, 0.25) is 0 Å². The Balaban J connectivity index is 1.72. The average Bonchev–Trinajstić information content (AvgIpc) is 3.03. The number of ether oxygens (including phenoxy) is 2. The fourth-order valence-electron chi connectivity index (χ4n) is 2.31. The minimum Gasteiger partial charge on any atom is -0.497 e. The first-order valence-electron chi connectivity index (χ1n) is 7.18. The fourth-order valence-corrected chi connectivity index (χ4v) is 3.27. The minimum absolute atomic E-state index is 0.0759. The summed E-state index contributed by atoms with van der Waals surface area (Å²) in [6.07, 6.45) is 0. The van der Waals surface area contributed by atoms with Gasteiger partial charge in [-0.2, -0.15) is 0 Å². The molecule has 1 amide bonds. The Kier molecular flexibility index (Phi) is 4.48. The van der Waals surface area contributed by atoms with Crippen LogP contribution in [-0.2, 0) is 6.54 Å². The Morgan fingerprint density at radius 1 is 1.04 bits per heavy atom. The molecule has 0 saturated carbocycles. The molecule has 1 N–H and O–H groups in total. The molecule has 23 heavy (non-hydrogen) atoms. The van der Waals surface area contributed by atoms with Gasteiger partial charge in [0.25, 0.3) is 5.91 Å². The summed E-state index contributed by atoms with van der Waals surface area (Å²) in [7, 11) is 3.26. The number of amides is 1. The summed E-state index contributed by atoms with van der Waals surface area (Å²) in [6, 6.07) is 15.4. The maximum absolute atomic E-state index is 12.3. The van der Waals surface area contributed by atoms with Crippen molar-refractivity contribution in [3.8, 4) is 11.5 Å². The van der Waals surface area contributed by atoms with Crippen LogP contribution in [-0.4, -0.2) is 20.1 Å². The molecule has 0 radical (unpaired) electrons. The molecule has 0 fully saturated rings. The van der Waals surface area contributed by atoms with E-state index in [1.165, 1.54) is 11.3 Å². The molecule has 118 valence electrons. The van der Waals surface area contributed by atoms with Gasteiger partial charge >= 0.3 is 0 Å². The molecule has 3 rings (SSSR count). The third-order valence-corrected chi connectivity index (χ3v) is 4.65. The highest BCUT2D eigenvalue weighted by Crippen LogP contribution is 2.29. The lowest BCUT2D eigenvalue weighted by Gasteiger charge is -2.05. The second-order valence-corrected chi connectivity index (χ2v) is 6.13. The van der Waals surface area contributed by atoms with Gasteiger partial charge in [0, 0.05) is 11.2 Å². The van der Waals surface area contributed by atoms with Gasteiger partial charge in [-0.05, 0) is 47.3 Å². The quantitative estimate of drug-likeness (QED) is 0.774. The van der Waals surface area contributed by atoms with Crippen molar-refractivity contribution in [1.82, 2.24) is 5.32 Å². The number of carbonyl (C=O) groups is 1. The molecule has 4 nitrogen and oxygen atoms in total. The van der Waals surface area contributed by atoms with Crippen molar-refractivity contribution in [1.29, 1.82) is 0 Å². The van der Waals surface area contributed by atoms with E-state index in [1.54, 1.807) is 14.2 Å². The number of thiophene rings is 1. The van der Waals surface area contributed by atoms with E-state index in [-0.39, 0.29) is 5.91 Å². The minimum atomic E-state index is -0.0759. The van der Waals surface area contributed by atoms with Gasteiger partial charge in [0.05, 0.1) is 19.1 Å². The highest BCUT2D eigenvalue weighted by atomic mass is 32.1. The fraction of sp³-hybridized carbons (Fsp3) is 0.167. The Bertz CT molecular complexity index is 841. The van der Waals surface area contributed by atoms with Crippen LogP contribution in [0.5, 0.6) is 11.5 Å². The third-order valence-electron chi connectivity index (χ3n) is 3.53. The van der Waals surface area contributed by atoms with Crippen LogP contribution in [0.4, 0.5) is 0 Å². The highest BCUT2D eigenvalue weighted by Gasteiger charge is 2.10. The summed E-state index contributed by atoms with van der Waals surface area (Å²) in [6.45, 7) is 0.466. The number of nitrogens with one attached hydrogen (secondary N) is 1. The van der Waals surface area contributed by atoms with E-state index in [2.05, 4.69) is 5.32 Å². The molecular formula is C18H17NO3S. The van der Waals surface area contributed by atoms with Crippen LogP contribution < -0.4 is 14.8 Å². The van der Waals surface area contributed by atoms with E-state index in [0.29, 0.717) is 11.4 Å². The van der Waals surface area contributed by atoms with Gasteiger partial charge in [0.15, 0.2) is 0 Å². The summed E-state index contributed by atoms with van der Waals surface area (Å²) < 4.78 is 11.5. The molecule has 3 aromatic rings. The first-order valence-corrected chi connectivity index (χ1v) is 8.00. The van der Waals surface area contributed by atoms with E-state index < -0.39 is 0 Å². The summed E-state index contributed by atoms with van der Waals surface area (Å²) in [5.74, 6) is 1.50. The van der Waals surface area contributed by atoms with E-state index in [4.69, 9.17) is 9.47 Å². The predicted octanol–water partition coefficient (Wildman–Crippen LogP) is 3.85. The van der Waals surface area contributed by atoms with Gasteiger partial charge in [-0.15, -0.1) is 11.3 Å². The van der Waals surface area contributed by atoms with Gasteiger partial charge in [-0.1, -0.05) is 12.1 Å². The lowest BCUT2D eigenvalue weighted by Crippen LogP contribution is -2.21. The zero-order chi connectivity index (χ0) is 16.2. The Hall–Kier alpha value is -2.53. The SMILES string of the molecule is COc1cccc(CNC(=O)c2cc3cc(OC)ccc3s2)c1. The lowest BCUT2D eigenvalue weighted by molar-refractivity contribution is 0.0955. The zero-order valence-corrected chi connectivity index (χ0v) is 13.8. The summed E-state index contributed by atoms with van der Waals surface area (Å²) in [5.41, 5.74) is 1.00. The number of carbonyl (C=O) groups excluding carboxylic acids is 1. The van der Waals surface area contributed by atoms with Crippen molar-refractivity contribution in [2.45, 2.75) is 6.54 Å². The average molecular weight is 327 g/mol. The third kappa shape index (κ3) is 3.46. The van der Waals surface area contributed by atoms with Crippen LogP contribution in [0.15, 0.2) is 48.5 Å². The number of hydrogen-bond donors (Lipinski definition) is 1. The lowest BCUT2D eigenvalue weighted by atomic mass is 10.2. The van der Waals surface area contributed by atoms with E-state index in [1.807, 2.05) is 48.5 Å². The van der Waals surface area contributed by atoms with Crippen molar-refractivity contribution in [2.75, 3.05) is 14.2 Å². The Morgan fingerprint density at radius 2 is 1.83 bits per heavy atom. The molecule has 0 atom stereocenters. The maximum Gasteiger partial charge on any atom is 0.261 e. The van der Waals surface area contributed by atoms with Gasteiger partial charge < -0.3 is 14.8 Å². The molecule has 2 aromatic carbocycles. The van der Waals surface area contributed by atoms with Crippen LogP contribution in [0, 0.1) is 0 Å². The largest absolute Gasteiger partial charge is 0.497 e. The predicted molar refractivity (Wildman–Crippen MR) is 92.5 cm³/mol. The monoisotopic (exact) mass is 327 g/mol. The Labute approximate surface area is 138 Å². The van der Waals surface area contributed by atoms with Crippen LogP contribution in [0.25, 0.3) is 10.1 Å². The normalized spacial score (nSPS) is 10.5. The second kappa shape index (κ2) is 6.71. The van der Waals surface area contributed by atoms with Crippen molar-refractivity contribution in [2.24, 2.45) is 0 Å². The number of hydrogen-bond acceptors (Lipinski definition) is 4. The summed E-state index contributed by atoms with van der Waals surface area (Å²) in [4.78, 5) is 13.0. The molecule has 0 aliphatic rings. The molecule has 0 aliphatic carbocycles. The van der Waals surface area contributed by atoms with Gasteiger partial charge in [0.1, 0.15) is 11.5 Å². The van der Waals surface area contributed by atoms with Crippen LogP contribution in [0.3, 0.4) is 0 Å². The first-order chi connectivity index (χ1) is 11.2. The topological polar surface area (TPSA) is 47.6 Å². The van der Waals surface area contributed by atoms with Crippen LogP contribution in [0.1, 0.15) is 15.2 Å². The van der Waals surface area contributed by atoms with E-state index in [0.717, 1.165) is 27.1 Å². The molecule has 0 saturated heterocycles. The van der Waals surface area contributed by atoms with E-state index in [9.17, 15) is 4.79 Å². The molecule has 5 heteroatoms. The van der Waals surface area contributed by atoms with Gasteiger partial charge in [0.2, 0.25) is 0 Å².